The fourth-order valence-electron chi connectivity index (χ4n) is 1.26. The molecule has 0 aromatic carbocycles. The van der Waals surface area contributed by atoms with Crippen LogP contribution in [0, 0.1) is 0 Å². The summed E-state index contributed by atoms with van der Waals surface area (Å²) in [5.41, 5.74) is -1.06. The molecule has 1 rings (SSSR count). The third kappa shape index (κ3) is 7.11. The number of rotatable bonds is 8. The van der Waals surface area contributed by atoms with Crippen molar-refractivity contribution in [1.82, 2.24) is 15.3 Å². The molecule has 1 amide bonds. The van der Waals surface area contributed by atoms with Gasteiger partial charge in [0.25, 0.3) is 0 Å². The van der Waals surface area contributed by atoms with Gasteiger partial charge in [0, 0.05) is 19.3 Å². The van der Waals surface area contributed by atoms with Crippen molar-refractivity contribution >= 4 is 29.6 Å². The van der Waals surface area contributed by atoms with E-state index in [4.69, 9.17) is 5.11 Å². The van der Waals surface area contributed by atoms with Crippen LogP contribution < -0.4 is 10.6 Å². The van der Waals surface area contributed by atoms with Crippen LogP contribution in [0.5, 0.6) is 0 Å². The van der Waals surface area contributed by atoms with Crippen LogP contribution in [0.1, 0.15) is 5.69 Å². The van der Waals surface area contributed by atoms with E-state index < -0.39 is 17.8 Å². The minimum Gasteiger partial charge on any atom is -0.481 e. The maximum absolute atomic E-state index is 12.4. The van der Waals surface area contributed by atoms with E-state index in [1.165, 1.54) is 0 Å². The molecule has 11 heteroatoms. The van der Waals surface area contributed by atoms with E-state index >= 15 is 0 Å². The number of carbonyl (C=O) groups is 2. The summed E-state index contributed by atoms with van der Waals surface area (Å²) >= 11 is 0.947. The van der Waals surface area contributed by atoms with Gasteiger partial charge in [-0.25, -0.2) is 9.97 Å². The van der Waals surface area contributed by atoms with E-state index in [0.717, 1.165) is 24.0 Å². The number of anilines is 1. The van der Waals surface area contributed by atoms with Crippen LogP contribution in [-0.2, 0) is 15.8 Å². The molecule has 0 saturated carbocycles. The number of thioether (sulfide) groups is 1. The van der Waals surface area contributed by atoms with Gasteiger partial charge >= 0.3 is 12.1 Å². The summed E-state index contributed by atoms with van der Waals surface area (Å²) in [7, 11) is 0. The summed E-state index contributed by atoms with van der Waals surface area (Å²) in [5.74, 6) is -1.75. The number of aromatic nitrogens is 2. The molecule has 122 valence electrons. The maximum Gasteiger partial charge on any atom is 0.433 e. The number of carboxylic acid groups (broad SMARTS) is 1. The van der Waals surface area contributed by atoms with E-state index in [2.05, 4.69) is 20.6 Å². The van der Waals surface area contributed by atoms with Crippen molar-refractivity contribution in [1.29, 1.82) is 0 Å². The molecule has 0 aliphatic carbocycles. The number of aliphatic carboxylic acids is 1. The molecule has 0 saturated heterocycles. The van der Waals surface area contributed by atoms with Crippen LogP contribution in [0.3, 0.4) is 0 Å². The van der Waals surface area contributed by atoms with Crippen molar-refractivity contribution in [3.63, 3.8) is 0 Å². The fourth-order valence-corrected chi connectivity index (χ4v) is 1.82. The first-order chi connectivity index (χ1) is 10.3. The van der Waals surface area contributed by atoms with Gasteiger partial charge in [0.05, 0.1) is 11.5 Å². The van der Waals surface area contributed by atoms with Crippen molar-refractivity contribution < 1.29 is 27.9 Å². The normalized spacial score (nSPS) is 11.0. The van der Waals surface area contributed by atoms with Gasteiger partial charge in [-0.1, -0.05) is 0 Å². The average Bonchev–Trinajstić information content (AvgIpc) is 2.42. The highest BCUT2D eigenvalue weighted by atomic mass is 32.2. The fraction of sp³-hybridized carbons (Fsp3) is 0.455. The molecule has 1 aromatic rings. The predicted octanol–water partition coefficient (Wildman–Crippen LogP) is 0.841. The zero-order valence-corrected chi connectivity index (χ0v) is 12.0. The Kier molecular flexibility index (Phi) is 6.89. The second-order valence-electron chi connectivity index (χ2n) is 3.93. The average molecular weight is 338 g/mol. The number of alkyl halides is 3. The van der Waals surface area contributed by atoms with Gasteiger partial charge in [0.1, 0.15) is 5.69 Å². The standard InChI is InChI=1S/C11H13F3N4O3S/c12-11(13,14)7-1-2-16-10(18-7)17-4-3-15-8(19)5-22-6-9(20)21/h1-2H,3-6H2,(H,15,19)(H,20,21)(H,16,17,18). The monoisotopic (exact) mass is 338 g/mol. The van der Waals surface area contributed by atoms with E-state index in [9.17, 15) is 22.8 Å². The smallest absolute Gasteiger partial charge is 0.433 e. The lowest BCUT2D eigenvalue weighted by molar-refractivity contribution is -0.141. The molecular weight excluding hydrogens is 325 g/mol. The van der Waals surface area contributed by atoms with Gasteiger partial charge in [-0.05, 0) is 6.07 Å². The Morgan fingerprint density at radius 2 is 2.00 bits per heavy atom. The molecular formula is C11H13F3N4O3S. The Morgan fingerprint density at radius 1 is 1.27 bits per heavy atom. The number of carbonyl (C=O) groups excluding carboxylic acids is 1. The molecule has 1 aromatic heterocycles. The van der Waals surface area contributed by atoms with Gasteiger partial charge in [-0.3, -0.25) is 9.59 Å². The zero-order valence-electron chi connectivity index (χ0n) is 11.2. The Bertz CT molecular complexity index is 528. The van der Waals surface area contributed by atoms with E-state index in [-0.39, 0.29) is 36.5 Å². The first-order valence-corrected chi connectivity index (χ1v) is 7.15. The highest BCUT2D eigenvalue weighted by Crippen LogP contribution is 2.27. The van der Waals surface area contributed by atoms with Crippen molar-refractivity contribution in [2.75, 3.05) is 29.9 Å². The molecule has 3 N–H and O–H groups in total. The lowest BCUT2D eigenvalue weighted by Crippen LogP contribution is -2.30. The lowest BCUT2D eigenvalue weighted by Gasteiger charge is -2.09. The number of carboxylic acids is 1. The van der Waals surface area contributed by atoms with E-state index in [0.29, 0.717) is 0 Å². The Hall–Kier alpha value is -2.04. The number of halogens is 3. The number of hydrogen-bond acceptors (Lipinski definition) is 6. The molecule has 7 nitrogen and oxygen atoms in total. The van der Waals surface area contributed by atoms with Crippen LogP contribution in [0.4, 0.5) is 19.1 Å². The third-order valence-corrected chi connectivity index (χ3v) is 3.05. The van der Waals surface area contributed by atoms with Crippen molar-refractivity contribution in [3.05, 3.63) is 18.0 Å². The summed E-state index contributed by atoms with van der Waals surface area (Å²) in [6.45, 7) is 0.280. The highest BCUT2D eigenvalue weighted by molar-refractivity contribution is 8.00. The van der Waals surface area contributed by atoms with Crippen LogP contribution in [0.25, 0.3) is 0 Å². The van der Waals surface area contributed by atoms with E-state index in [1.807, 2.05) is 0 Å². The first kappa shape index (κ1) is 18.0. The third-order valence-electron chi connectivity index (χ3n) is 2.13. The molecule has 22 heavy (non-hydrogen) atoms. The maximum atomic E-state index is 12.4. The second-order valence-corrected chi connectivity index (χ2v) is 4.91. The highest BCUT2D eigenvalue weighted by Gasteiger charge is 2.32. The Labute approximate surface area is 127 Å². The molecule has 0 radical (unpaired) electrons. The second kappa shape index (κ2) is 8.41. The lowest BCUT2D eigenvalue weighted by atomic mass is 10.4. The number of nitrogens with one attached hydrogen (secondary N) is 2. The van der Waals surface area contributed by atoms with Gasteiger partial charge < -0.3 is 15.7 Å². The van der Waals surface area contributed by atoms with Crippen LogP contribution in [0.2, 0.25) is 0 Å². The molecule has 0 unspecified atom stereocenters. The molecule has 0 aliphatic heterocycles. The summed E-state index contributed by atoms with van der Waals surface area (Å²) in [6.07, 6.45) is -3.56. The van der Waals surface area contributed by atoms with Crippen LogP contribution in [0.15, 0.2) is 12.3 Å². The molecule has 0 bridgehead atoms. The SMILES string of the molecule is O=C(O)CSCC(=O)NCCNc1nccc(C(F)(F)F)n1. The van der Waals surface area contributed by atoms with Gasteiger partial charge in [-0.2, -0.15) is 13.2 Å². The molecule has 0 spiro atoms. The van der Waals surface area contributed by atoms with Gasteiger partial charge in [0.15, 0.2) is 0 Å². The number of amides is 1. The topological polar surface area (TPSA) is 104 Å². The van der Waals surface area contributed by atoms with Gasteiger partial charge in [0.2, 0.25) is 11.9 Å². The first-order valence-electron chi connectivity index (χ1n) is 5.99. The molecule has 0 aliphatic rings. The summed E-state index contributed by atoms with van der Waals surface area (Å²) in [5, 5.41) is 13.4. The summed E-state index contributed by atoms with van der Waals surface area (Å²) in [6, 6.07) is 0.757. The number of nitrogens with zero attached hydrogens (tertiary/aromatic N) is 2. The van der Waals surface area contributed by atoms with E-state index in [1.54, 1.807) is 0 Å². The Balaban J connectivity index is 2.27. The summed E-state index contributed by atoms with van der Waals surface area (Å²) < 4.78 is 37.3. The molecule has 1 heterocycles. The van der Waals surface area contributed by atoms with Crippen LogP contribution >= 0.6 is 11.8 Å². The minimum absolute atomic E-state index is 0.00758. The van der Waals surface area contributed by atoms with Gasteiger partial charge in [-0.15, -0.1) is 11.8 Å². The van der Waals surface area contributed by atoms with Crippen LogP contribution in [-0.4, -0.2) is 51.5 Å². The summed E-state index contributed by atoms with van der Waals surface area (Å²) in [4.78, 5) is 28.5. The van der Waals surface area contributed by atoms with Crippen molar-refractivity contribution in [3.8, 4) is 0 Å². The molecule has 0 fully saturated rings. The number of hydrogen-bond donors (Lipinski definition) is 3. The Morgan fingerprint density at radius 3 is 2.64 bits per heavy atom. The zero-order chi connectivity index (χ0) is 16.6. The molecule has 0 atom stereocenters. The van der Waals surface area contributed by atoms with Crippen molar-refractivity contribution in [2.24, 2.45) is 0 Å². The minimum atomic E-state index is -4.55. The van der Waals surface area contributed by atoms with Crippen molar-refractivity contribution in [2.45, 2.75) is 6.18 Å². The predicted molar refractivity (Wildman–Crippen MR) is 73.5 cm³/mol. The quantitative estimate of drug-likeness (QED) is 0.603. The largest absolute Gasteiger partial charge is 0.481 e.